The van der Waals surface area contributed by atoms with E-state index in [0.717, 1.165) is 37.0 Å². The summed E-state index contributed by atoms with van der Waals surface area (Å²) < 4.78 is 5.30. The highest BCUT2D eigenvalue weighted by Crippen LogP contribution is 2.46. The number of rotatable bonds is 4. The lowest BCUT2D eigenvalue weighted by Crippen LogP contribution is -2.54. The van der Waals surface area contributed by atoms with Gasteiger partial charge in [0, 0.05) is 13.1 Å². The summed E-state index contributed by atoms with van der Waals surface area (Å²) in [6.07, 6.45) is 5.26. The second kappa shape index (κ2) is 8.55. The fraction of sp³-hybridized carbons (Fsp3) is 0.818. The first kappa shape index (κ1) is 22.6. The third-order valence-electron chi connectivity index (χ3n) is 6.49. The lowest BCUT2D eigenvalue weighted by molar-refractivity contribution is -0.160. The quantitative estimate of drug-likeness (QED) is 0.556. The molecule has 0 radical (unpaired) electrons. The number of hydrogen-bond acceptors (Lipinski definition) is 5. The van der Waals surface area contributed by atoms with Gasteiger partial charge in [-0.25, -0.2) is 4.79 Å². The molecular weight excluding hydrogens is 386 g/mol. The van der Waals surface area contributed by atoms with Crippen LogP contribution in [0.5, 0.6) is 0 Å². The number of amides is 4. The molecule has 3 unspecified atom stereocenters. The van der Waals surface area contributed by atoms with E-state index in [1.165, 1.54) is 0 Å². The minimum Gasteiger partial charge on any atom is -0.451 e. The average Bonchev–Trinajstić information content (AvgIpc) is 2.84. The third-order valence-corrected chi connectivity index (χ3v) is 6.49. The first-order valence-electron chi connectivity index (χ1n) is 11.2. The topological polar surface area (TPSA) is 96.0 Å². The van der Waals surface area contributed by atoms with Crippen molar-refractivity contribution in [1.29, 1.82) is 0 Å². The summed E-state index contributed by atoms with van der Waals surface area (Å²) in [5.41, 5.74) is -1.03. The van der Waals surface area contributed by atoms with Crippen LogP contribution in [-0.4, -0.2) is 64.9 Å². The lowest BCUT2D eigenvalue weighted by Gasteiger charge is -2.43. The lowest BCUT2D eigenvalue weighted by atomic mass is 9.64. The van der Waals surface area contributed by atoms with E-state index in [1.807, 2.05) is 0 Å². The van der Waals surface area contributed by atoms with Crippen molar-refractivity contribution in [2.45, 2.75) is 84.3 Å². The second-order valence-electron chi connectivity index (χ2n) is 10.1. The van der Waals surface area contributed by atoms with Crippen molar-refractivity contribution >= 4 is 23.8 Å². The van der Waals surface area contributed by atoms with Gasteiger partial charge in [0.05, 0.1) is 0 Å². The van der Waals surface area contributed by atoms with Gasteiger partial charge in [0.1, 0.15) is 12.1 Å². The van der Waals surface area contributed by atoms with Crippen LogP contribution in [0, 0.1) is 11.3 Å². The Bertz CT molecular complexity index is 714. The van der Waals surface area contributed by atoms with E-state index in [9.17, 15) is 19.2 Å². The zero-order valence-corrected chi connectivity index (χ0v) is 18.7. The Morgan fingerprint density at radius 1 is 1.13 bits per heavy atom. The van der Waals surface area contributed by atoms with Crippen molar-refractivity contribution in [2.24, 2.45) is 11.3 Å². The predicted octanol–water partition coefficient (Wildman–Crippen LogP) is 2.46. The number of urea groups is 1. The fourth-order valence-electron chi connectivity index (χ4n) is 5.61. The van der Waals surface area contributed by atoms with Gasteiger partial charge in [-0.3, -0.25) is 19.3 Å². The SMILES string of the molecule is CC1CC(C)(C)CC2(C1)NC(=O)N(CC(=O)OC(C)C(=O)N1CCCCCC1)C2=O. The maximum atomic E-state index is 13.1. The summed E-state index contributed by atoms with van der Waals surface area (Å²) in [4.78, 5) is 53.4. The molecule has 0 aromatic rings. The largest absolute Gasteiger partial charge is 0.451 e. The number of likely N-dealkylation sites (tertiary alicyclic amines) is 1. The molecule has 3 fully saturated rings. The first-order valence-corrected chi connectivity index (χ1v) is 11.2. The first-order chi connectivity index (χ1) is 14.0. The van der Waals surface area contributed by atoms with Gasteiger partial charge >= 0.3 is 12.0 Å². The van der Waals surface area contributed by atoms with Crippen LogP contribution in [0.2, 0.25) is 0 Å². The molecule has 2 heterocycles. The van der Waals surface area contributed by atoms with E-state index < -0.39 is 30.2 Å². The number of esters is 1. The van der Waals surface area contributed by atoms with Gasteiger partial charge in [0.15, 0.2) is 6.10 Å². The van der Waals surface area contributed by atoms with Crippen molar-refractivity contribution < 1.29 is 23.9 Å². The molecule has 2 aliphatic heterocycles. The highest BCUT2D eigenvalue weighted by molar-refractivity contribution is 6.08. The maximum absolute atomic E-state index is 13.1. The van der Waals surface area contributed by atoms with E-state index >= 15 is 0 Å². The number of ether oxygens (including phenoxy) is 1. The third kappa shape index (κ3) is 4.78. The molecule has 2 saturated heterocycles. The second-order valence-corrected chi connectivity index (χ2v) is 10.1. The Kier molecular flexibility index (Phi) is 6.43. The van der Waals surface area contributed by atoms with Crippen molar-refractivity contribution in [3.63, 3.8) is 0 Å². The molecule has 0 aromatic carbocycles. The van der Waals surface area contributed by atoms with Crippen LogP contribution in [0.4, 0.5) is 4.79 Å². The molecule has 3 rings (SSSR count). The van der Waals surface area contributed by atoms with Crippen LogP contribution < -0.4 is 5.32 Å². The van der Waals surface area contributed by atoms with E-state index in [2.05, 4.69) is 26.1 Å². The molecule has 1 saturated carbocycles. The molecule has 3 atom stereocenters. The van der Waals surface area contributed by atoms with Gasteiger partial charge in [-0.2, -0.15) is 0 Å². The maximum Gasteiger partial charge on any atom is 0.327 e. The van der Waals surface area contributed by atoms with Crippen LogP contribution >= 0.6 is 0 Å². The molecule has 1 N–H and O–H groups in total. The minimum atomic E-state index is -0.952. The van der Waals surface area contributed by atoms with Gasteiger partial charge in [-0.15, -0.1) is 0 Å². The normalized spacial score (nSPS) is 30.1. The Labute approximate surface area is 178 Å². The summed E-state index contributed by atoms with van der Waals surface area (Å²) in [7, 11) is 0. The Morgan fingerprint density at radius 2 is 1.77 bits per heavy atom. The number of carbonyl (C=O) groups is 4. The zero-order chi connectivity index (χ0) is 22.1. The molecule has 1 aliphatic carbocycles. The smallest absolute Gasteiger partial charge is 0.327 e. The van der Waals surface area contributed by atoms with Crippen LogP contribution in [0.3, 0.4) is 0 Å². The molecule has 8 nitrogen and oxygen atoms in total. The molecule has 0 bridgehead atoms. The minimum absolute atomic E-state index is 0.0782. The summed E-state index contributed by atoms with van der Waals surface area (Å²) in [6, 6.07) is -0.562. The Balaban J connectivity index is 1.60. The number of hydrogen-bond donors (Lipinski definition) is 1. The Morgan fingerprint density at radius 3 is 2.37 bits per heavy atom. The Hall–Kier alpha value is -2.12. The van der Waals surface area contributed by atoms with E-state index in [4.69, 9.17) is 4.74 Å². The average molecular weight is 422 g/mol. The summed E-state index contributed by atoms with van der Waals surface area (Å²) in [6.45, 7) is 8.68. The van der Waals surface area contributed by atoms with E-state index in [0.29, 0.717) is 25.9 Å². The molecule has 168 valence electrons. The highest BCUT2D eigenvalue weighted by atomic mass is 16.5. The van der Waals surface area contributed by atoms with Gasteiger partial charge in [0.25, 0.3) is 11.8 Å². The number of nitrogens with one attached hydrogen (secondary N) is 1. The van der Waals surface area contributed by atoms with Gasteiger partial charge in [-0.1, -0.05) is 33.6 Å². The molecule has 1 spiro atoms. The monoisotopic (exact) mass is 421 g/mol. The molecule has 3 aliphatic rings. The summed E-state index contributed by atoms with van der Waals surface area (Å²) in [5, 5.41) is 2.85. The molecule has 4 amide bonds. The standard InChI is InChI=1S/C22H35N3O5/c1-15-11-21(3,4)14-22(12-15)19(28)25(20(29)23-22)13-17(26)30-16(2)18(27)24-9-7-5-6-8-10-24/h15-16H,5-14H2,1-4H3,(H,23,29). The van der Waals surface area contributed by atoms with Gasteiger partial charge in [0.2, 0.25) is 0 Å². The van der Waals surface area contributed by atoms with Crippen molar-refractivity contribution in [2.75, 3.05) is 19.6 Å². The highest BCUT2D eigenvalue weighted by Gasteiger charge is 2.56. The van der Waals surface area contributed by atoms with Crippen LogP contribution in [0.25, 0.3) is 0 Å². The summed E-state index contributed by atoms with van der Waals surface area (Å²) >= 11 is 0. The molecule has 8 heteroatoms. The van der Waals surface area contributed by atoms with E-state index in [-0.39, 0.29) is 23.1 Å². The van der Waals surface area contributed by atoms with Crippen molar-refractivity contribution in [3.05, 3.63) is 0 Å². The number of nitrogens with zero attached hydrogens (tertiary/aromatic N) is 2. The summed E-state index contributed by atoms with van der Waals surface area (Å²) in [5.74, 6) is -1.04. The van der Waals surface area contributed by atoms with Gasteiger partial charge in [-0.05, 0) is 50.4 Å². The van der Waals surface area contributed by atoms with Crippen LogP contribution in [0.1, 0.15) is 72.6 Å². The van der Waals surface area contributed by atoms with E-state index in [1.54, 1.807) is 11.8 Å². The molecule has 30 heavy (non-hydrogen) atoms. The number of carbonyl (C=O) groups excluding carboxylic acids is 4. The number of imide groups is 1. The zero-order valence-electron chi connectivity index (χ0n) is 18.7. The molecular formula is C22H35N3O5. The fourth-order valence-corrected chi connectivity index (χ4v) is 5.61. The predicted molar refractivity (Wildman–Crippen MR) is 110 cm³/mol. The molecule has 0 aromatic heterocycles. The van der Waals surface area contributed by atoms with Gasteiger partial charge < -0.3 is 15.0 Å². The van der Waals surface area contributed by atoms with Crippen molar-refractivity contribution in [1.82, 2.24) is 15.1 Å². The van der Waals surface area contributed by atoms with Crippen molar-refractivity contribution in [3.8, 4) is 0 Å². The van der Waals surface area contributed by atoms with Crippen LogP contribution in [-0.2, 0) is 19.1 Å². The van der Waals surface area contributed by atoms with Crippen LogP contribution in [0.15, 0.2) is 0 Å².